The molecule has 0 saturated carbocycles. The van der Waals surface area contributed by atoms with Gasteiger partial charge in [-0.2, -0.15) is 0 Å². The van der Waals surface area contributed by atoms with Gasteiger partial charge >= 0.3 is 0 Å². The average molecular weight is 512 g/mol. The molecule has 0 saturated heterocycles. The number of sulfonamides is 2. The molecule has 0 unspecified atom stereocenters. The predicted molar refractivity (Wildman–Crippen MR) is 128 cm³/mol. The molecule has 3 N–H and O–H groups in total. The van der Waals surface area contributed by atoms with Crippen LogP contribution < -0.4 is 14.8 Å². The van der Waals surface area contributed by atoms with Gasteiger partial charge in [-0.1, -0.05) is 35.9 Å². The summed E-state index contributed by atoms with van der Waals surface area (Å²) in [6, 6.07) is 14.8. The fourth-order valence-electron chi connectivity index (χ4n) is 3.80. The molecule has 1 aromatic heterocycles. The molecule has 0 bridgehead atoms. The van der Waals surface area contributed by atoms with Gasteiger partial charge in [-0.05, 0) is 41.5 Å². The molecule has 1 aliphatic heterocycles. The summed E-state index contributed by atoms with van der Waals surface area (Å²) < 4.78 is 51.5. The van der Waals surface area contributed by atoms with Crippen molar-refractivity contribution >= 4 is 65.3 Å². The number of carbonyl (C=O) groups is 1. The maximum absolute atomic E-state index is 13.4. The number of amides is 1. The second kappa shape index (κ2) is 7.77. The third kappa shape index (κ3) is 4.20. The molecule has 0 fully saturated rings. The molecule has 8 nitrogen and oxygen atoms in total. The van der Waals surface area contributed by atoms with Crippen molar-refractivity contribution in [1.82, 2.24) is 0 Å². The Morgan fingerprint density at radius 1 is 0.844 bits per heavy atom. The molecule has 0 spiro atoms. The first-order chi connectivity index (χ1) is 14.9. The largest absolute Gasteiger partial charge is 0.316 e. The number of benzene rings is 2. The minimum Gasteiger partial charge on any atom is -0.316 e. The van der Waals surface area contributed by atoms with E-state index in [1.807, 2.05) is 0 Å². The highest BCUT2D eigenvalue weighted by Gasteiger charge is 2.51. The monoisotopic (exact) mass is 511 g/mol. The maximum atomic E-state index is 13.4. The highest BCUT2D eigenvalue weighted by molar-refractivity contribution is 7.92. The summed E-state index contributed by atoms with van der Waals surface area (Å²) in [6.07, 6.45) is 2.11. The van der Waals surface area contributed by atoms with E-state index in [2.05, 4.69) is 14.8 Å². The number of halogens is 1. The molecule has 0 atom stereocenters. The lowest BCUT2D eigenvalue weighted by Crippen LogP contribution is -2.37. The minimum atomic E-state index is -3.45. The Morgan fingerprint density at radius 2 is 1.28 bits per heavy atom. The summed E-state index contributed by atoms with van der Waals surface area (Å²) in [5.41, 5.74) is 1.36. The fourth-order valence-corrected chi connectivity index (χ4v) is 6.10. The van der Waals surface area contributed by atoms with Gasteiger partial charge in [0.25, 0.3) is 0 Å². The van der Waals surface area contributed by atoms with Gasteiger partial charge in [0.2, 0.25) is 26.0 Å². The lowest BCUT2D eigenvalue weighted by Gasteiger charge is -2.29. The first kappa shape index (κ1) is 22.6. The van der Waals surface area contributed by atoms with Crippen molar-refractivity contribution in [1.29, 1.82) is 0 Å². The van der Waals surface area contributed by atoms with E-state index < -0.39 is 25.5 Å². The van der Waals surface area contributed by atoms with E-state index in [-0.39, 0.29) is 5.91 Å². The van der Waals surface area contributed by atoms with Gasteiger partial charge in [-0.15, -0.1) is 11.3 Å². The van der Waals surface area contributed by atoms with Crippen molar-refractivity contribution in [2.45, 2.75) is 5.41 Å². The second-order valence-corrected chi connectivity index (χ2v) is 12.6. The van der Waals surface area contributed by atoms with E-state index in [4.69, 9.17) is 11.6 Å². The van der Waals surface area contributed by atoms with Gasteiger partial charge in [0.1, 0.15) is 10.4 Å². The number of fused-ring (bicyclic) bond motifs is 1. The molecule has 3 aromatic rings. The van der Waals surface area contributed by atoms with Crippen molar-refractivity contribution in [3.05, 3.63) is 75.6 Å². The van der Waals surface area contributed by atoms with E-state index in [1.54, 1.807) is 54.6 Å². The number of hydrogen-bond acceptors (Lipinski definition) is 6. The molecule has 1 amide bonds. The normalized spacial score (nSPS) is 15.2. The molecule has 12 heteroatoms. The van der Waals surface area contributed by atoms with Gasteiger partial charge in [0.05, 0.1) is 16.8 Å². The zero-order chi connectivity index (χ0) is 23.3. The zero-order valence-corrected chi connectivity index (χ0v) is 20.0. The van der Waals surface area contributed by atoms with E-state index in [0.29, 0.717) is 37.4 Å². The Hall–Kier alpha value is -2.60. The van der Waals surface area contributed by atoms with Crippen LogP contribution >= 0.6 is 22.9 Å². The number of thiophene rings is 1. The van der Waals surface area contributed by atoms with Crippen molar-refractivity contribution < 1.29 is 21.6 Å². The van der Waals surface area contributed by atoms with Gasteiger partial charge in [0.15, 0.2) is 0 Å². The second-order valence-electron chi connectivity index (χ2n) is 7.40. The topological polar surface area (TPSA) is 121 Å². The molecule has 1 aliphatic rings. The lowest BCUT2D eigenvalue weighted by atomic mass is 9.71. The van der Waals surface area contributed by atoms with E-state index in [0.717, 1.165) is 12.5 Å². The van der Waals surface area contributed by atoms with Crippen molar-refractivity contribution in [3.63, 3.8) is 0 Å². The highest BCUT2D eigenvalue weighted by Crippen LogP contribution is 2.52. The van der Waals surface area contributed by atoms with Gasteiger partial charge in [-0.25, -0.2) is 16.8 Å². The molecule has 2 aromatic carbocycles. The number of hydrogen-bond donors (Lipinski definition) is 3. The zero-order valence-electron chi connectivity index (χ0n) is 16.8. The van der Waals surface area contributed by atoms with Gasteiger partial charge in [0, 0.05) is 16.9 Å². The van der Waals surface area contributed by atoms with Crippen molar-refractivity contribution in [2.24, 2.45) is 0 Å². The van der Waals surface area contributed by atoms with Crippen LogP contribution in [0.15, 0.2) is 54.6 Å². The van der Waals surface area contributed by atoms with Crippen molar-refractivity contribution in [2.75, 3.05) is 27.3 Å². The maximum Gasteiger partial charge on any atom is 0.244 e. The standard InChI is InChI=1S/C20H18ClN3O5S3/c1-31(26,27)23-14-7-3-12(4-8-14)20(16-11-17(21)30-18(16)22-19(20)25)13-5-9-15(10-6-13)24-32(2,28)29/h3-11,23-24H,1-2H3,(H,22,25). The van der Waals surface area contributed by atoms with Crippen LogP contribution in [0.5, 0.6) is 0 Å². The molecule has 168 valence electrons. The molecule has 2 heterocycles. The SMILES string of the molecule is CS(=O)(=O)Nc1ccc(C2(c3ccc(NS(C)(=O)=O)cc3)C(=O)Nc3sc(Cl)cc32)cc1. The number of carbonyl (C=O) groups excluding carboxylic acids is 1. The smallest absolute Gasteiger partial charge is 0.244 e. The third-order valence-electron chi connectivity index (χ3n) is 4.92. The lowest BCUT2D eigenvalue weighted by molar-refractivity contribution is -0.118. The van der Waals surface area contributed by atoms with E-state index >= 15 is 0 Å². The fraction of sp³-hybridized carbons (Fsp3) is 0.150. The summed E-state index contributed by atoms with van der Waals surface area (Å²) in [5.74, 6) is -0.289. The molecule has 0 aliphatic carbocycles. The number of rotatable bonds is 6. The Labute approximate surface area is 194 Å². The summed E-state index contributed by atoms with van der Waals surface area (Å²) in [4.78, 5) is 13.4. The Kier molecular flexibility index (Phi) is 5.48. The van der Waals surface area contributed by atoms with Crippen molar-refractivity contribution in [3.8, 4) is 0 Å². The van der Waals surface area contributed by atoms with Crippen LogP contribution in [0.1, 0.15) is 16.7 Å². The quantitative estimate of drug-likeness (QED) is 0.468. The number of nitrogens with one attached hydrogen (secondary N) is 3. The first-order valence-corrected chi connectivity index (χ1v) is 14.1. The van der Waals surface area contributed by atoms with Gasteiger partial charge in [-0.3, -0.25) is 14.2 Å². The minimum absolute atomic E-state index is 0.289. The average Bonchev–Trinajstić information content (AvgIpc) is 3.14. The Morgan fingerprint density at radius 3 is 1.69 bits per heavy atom. The third-order valence-corrected chi connectivity index (χ3v) is 7.31. The number of anilines is 3. The predicted octanol–water partition coefficient (Wildman–Crippen LogP) is 3.43. The van der Waals surface area contributed by atoms with Crippen LogP contribution in [0.2, 0.25) is 4.34 Å². The van der Waals surface area contributed by atoms with Gasteiger partial charge < -0.3 is 5.32 Å². The van der Waals surface area contributed by atoms with Crippen LogP contribution in [0.4, 0.5) is 16.4 Å². The van der Waals surface area contributed by atoms with Crippen LogP contribution in [0.25, 0.3) is 0 Å². The van der Waals surface area contributed by atoms with Crippen LogP contribution in [0, 0.1) is 0 Å². The van der Waals surface area contributed by atoms with E-state index in [1.165, 1.54) is 11.3 Å². The summed E-state index contributed by atoms with van der Waals surface area (Å²) in [6.45, 7) is 0. The molecule has 4 rings (SSSR count). The Balaban J connectivity index is 1.87. The molecular formula is C20H18ClN3O5S3. The Bertz CT molecular complexity index is 1340. The molecule has 32 heavy (non-hydrogen) atoms. The first-order valence-electron chi connectivity index (χ1n) is 9.16. The molecular weight excluding hydrogens is 494 g/mol. The van der Waals surface area contributed by atoms with Crippen LogP contribution in [-0.2, 0) is 30.3 Å². The van der Waals surface area contributed by atoms with Crippen LogP contribution in [-0.4, -0.2) is 35.3 Å². The summed E-state index contributed by atoms with van der Waals surface area (Å²) >= 11 is 7.48. The highest BCUT2D eigenvalue weighted by atomic mass is 35.5. The summed E-state index contributed by atoms with van der Waals surface area (Å²) in [7, 11) is -6.91. The van der Waals surface area contributed by atoms with E-state index in [9.17, 15) is 21.6 Å². The van der Waals surface area contributed by atoms with Crippen LogP contribution in [0.3, 0.4) is 0 Å². The summed E-state index contributed by atoms with van der Waals surface area (Å²) in [5, 5.41) is 3.51. The molecule has 0 radical (unpaired) electrons.